The number of carbonyl (C=O) groups excluding carboxylic acids is 1. The number of primary amides is 1. The standard InChI is InChI=1S/C9H7NOS.ClH/c10-9(11)7-3-1-2-6-4-5-12-8(6)7;/h1-5H,(H2,10,11);1H. The number of hydrogen-bond donors (Lipinski definition) is 1. The normalized spacial score (nSPS) is 9.54. The van der Waals surface area contributed by atoms with Crippen LogP contribution in [0.2, 0.25) is 0 Å². The van der Waals surface area contributed by atoms with Crippen LogP contribution >= 0.6 is 23.7 Å². The Morgan fingerprint density at radius 2 is 2.08 bits per heavy atom. The lowest BCUT2D eigenvalue weighted by Gasteiger charge is -1.95. The van der Waals surface area contributed by atoms with Gasteiger partial charge in [-0.3, -0.25) is 4.79 Å². The highest BCUT2D eigenvalue weighted by Crippen LogP contribution is 2.23. The average Bonchev–Trinajstić information content (AvgIpc) is 2.49. The number of amides is 1. The van der Waals surface area contributed by atoms with Crippen LogP contribution in [0.5, 0.6) is 0 Å². The molecule has 13 heavy (non-hydrogen) atoms. The smallest absolute Gasteiger partial charge is 0.250 e. The maximum absolute atomic E-state index is 10.9. The summed E-state index contributed by atoms with van der Waals surface area (Å²) < 4.78 is 0.977. The maximum atomic E-state index is 10.9. The van der Waals surface area contributed by atoms with Crippen molar-refractivity contribution in [2.45, 2.75) is 0 Å². The molecule has 0 aliphatic carbocycles. The number of fused-ring (bicyclic) bond motifs is 1. The first kappa shape index (κ1) is 10.0. The monoisotopic (exact) mass is 213 g/mol. The van der Waals surface area contributed by atoms with Crippen LogP contribution in [0.15, 0.2) is 29.6 Å². The molecule has 2 rings (SSSR count). The minimum Gasteiger partial charge on any atom is -0.366 e. The first-order chi connectivity index (χ1) is 5.79. The van der Waals surface area contributed by atoms with Gasteiger partial charge in [-0.05, 0) is 22.9 Å². The fourth-order valence-electron chi connectivity index (χ4n) is 1.19. The van der Waals surface area contributed by atoms with Gasteiger partial charge in [0.1, 0.15) is 0 Å². The highest BCUT2D eigenvalue weighted by Gasteiger charge is 2.05. The van der Waals surface area contributed by atoms with Crippen molar-refractivity contribution in [3.8, 4) is 0 Å². The Bertz CT molecular complexity index is 438. The number of nitrogens with two attached hydrogens (primary N) is 1. The van der Waals surface area contributed by atoms with Crippen LogP contribution in [0.1, 0.15) is 10.4 Å². The van der Waals surface area contributed by atoms with E-state index < -0.39 is 0 Å². The summed E-state index contributed by atoms with van der Waals surface area (Å²) in [4.78, 5) is 10.9. The molecular weight excluding hydrogens is 206 g/mol. The Hall–Kier alpha value is -1.06. The molecule has 0 unspecified atom stereocenters. The number of hydrogen-bond acceptors (Lipinski definition) is 2. The summed E-state index contributed by atoms with van der Waals surface area (Å²) in [6.45, 7) is 0. The molecule has 1 amide bonds. The van der Waals surface area contributed by atoms with Crippen molar-refractivity contribution in [1.82, 2.24) is 0 Å². The first-order valence-corrected chi connectivity index (χ1v) is 4.43. The van der Waals surface area contributed by atoms with Gasteiger partial charge >= 0.3 is 0 Å². The zero-order valence-corrected chi connectivity index (χ0v) is 8.32. The van der Waals surface area contributed by atoms with Gasteiger partial charge in [-0.25, -0.2) is 0 Å². The van der Waals surface area contributed by atoms with Crippen molar-refractivity contribution in [3.63, 3.8) is 0 Å². The summed E-state index contributed by atoms with van der Waals surface area (Å²) in [6.07, 6.45) is 0. The zero-order valence-electron chi connectivity index (χ0n) is 6.69. The van der Waals surface area contributed by atoms with Crippen molar-refractivity contribution >= 4 is 39.7 Å². The molecule has 0 aliphatic rings. The molecule has 0 bridgehead atoms. The first-order valence-electron chi connectivity index (χ1n) is 3.55. The largest absolute Gasteiger partial charge is 0.366 e. The predicted molar refractivity (Wildman–Crippen MR) is 57.6 cm³/mol. The van der Waals surface area contributed by atoms with E-state index >= 15 is 0 Å². The van der Waals surface area contributed by atoms with Crippen LogP contribution in [-0.2, 0) is 0 Å². The maximum Gasteiger partial charge on any atom is 0.250 e. The zero-order chi connectivity index (χ0) is 8.55. The Morgan fingerprint density at radius 1 is 1.31 bits per heavy atom. The van der Waals surface area contributed by atoms with Crippen molar-refractivity contribution in [1.29, 1.82) is 0 Å². The summed E-state index contributed by atoms with van der Waals surface area (Å²) in [5, 5.41) is 3.04. The Kier molecular flexibility index (Phi) is 2.90. The number of thiophene rings is 1. The molecule has 0 radical (unpaired) electrons. The molecule has 0 atom stereocenters. The highest BCUT2D eigenvalue weighted by molar-refractivity contribution is 7.17. The van der Waals surface area contributed by atoms with Gasteiger partial charge in [-0.2, -0.15) is 0 Å². The van der Waals surface area contributed by atoms with Gasteiger partial charge in [0.25, 0.3) is 0 Å². The lowest BCUT2D eigenvalue weighted by Crippen LogP contribution is -2.10. The quantitative estimate of drug-likeness (QED) is 0.777. The van der Waals surface area contributed by atoms with Crippen LogP contribution in [0.25, 0.3) is 10.1 Å². The number of carbonyl (C=O) groups is 1. The van der Waals surface area contributed by atoms with Gasteiger partial charge in [0.15, 0.2) is 0 Å². The molecule has 1 aromatic heterocycles. The van der Waals surface area contributed by atoms with E-state index in [4.69, 9.17) is 5.73 Å². The lowest BCUT2D eigenvalue weighted by molar-refractivity contribution is 0.100. The minimum absolute atomic E-state index is 0. The van der Waals surface area contributed by atoms with E-state index in [2.05, 4.69) is 0 Å². The number of halogens is 1. The molecule has 0 spiro atoms. The molecule has 0 aliphatic heterocycles. The van der Waals surface area contributed by atoms with Crippen molar-refractivity contribution in [2.24, 2.45) is 5.73 Å². The van der Waals surface area contributed by atoms with Crippen LogP contribution in [0.3, 0.4) is 0 Å². The SMILES string of the molecule is Cl.NC(=O)c1cccc2ccsc12. The van der Waals surface area contributed by atoms with E-state index in [1.807, 2.05) is 23.6 Å². The summed E-state index contributed by atoms with van der Waals surface area (Å²) >= 11 is 1.54. The molecule has 0 saturated heterocycles. The average molecular weight is 214 g/mol. The van der Waals surface area contributed by atoms with Gasteiger partial charge in [0.2, 0.25) is 5.91 Å². The Labute approximate surface area is 85.8 Å². The molecule has 2 nitrogen and oxygen atoms in total. The second-order valence-corrected chi connectivity index (χ2v) is 3.42. The molecule has 0 saturated carbocycles. The summed E-state index contributed by atoms with van der Waals surface area (Å²) in [7, 11) is 0. The topological polar surface area (TPSA) is 43.1 Å². The van der Waals surface area contributed by atoms with Gasteiger partial charge in [-0.1, -0.05) is 12.1 Å². The van der Waals surface area contributed by atoms with Gasteiger partial charge in [0.05, 0.1) is 5.56 Å². The fraction of sp³-hybridized carbons (Fsp3) is 0. The van der Waals surface area contributed by atoms with E-state index in [0.717, 1.165) is 10.1 Å². The van der Waals surface area contributed by atoms with Crippen molar-refractivity contribution in [2.75, 3.05) is 0 Å². The van der Waals surface area contributed by atoms with E-state index in [1.165, 1.54) is 0 Å². The van der Waals surface area contributed by atoms with Crippen LogP contribution in [0, 0.1) is 0 Å². The van der Waals surface area contributed by atoms with Crippen molar-refractivity contribution in [3.05, 3.63) is 35.2 Å². The lowest BCUT2D eigenvalue weighted by atomic mass is 10.1. The molecule has 2 N–H and O–H groups in total. The number of rotatable bonds is 1. The van der Waals surface area contributed by atoms with Crippen LogP contribution in [-0.4, -0.2) is 5.91 Å². The Balaban J connectivity index is 0.000000845. The highest BCUT2D eigenvalue weighted by atomic mass is 35.5. The third-order valence-electron chi connectivity index (χ3n) is 1.74. The van der Waals surface area contributed by atoms with Gasteiger partial charge in [0, 0.05) is 4.70 Å². The second kappa shape index (κ2) is 3.77. The van der Waals surface area contributed by atoms with Crippen molar-refractivity contribution < 1.29 is 4.79 Å². The third kappa shape index (κ3) is 1.66. The number of benzene rings is 1. The molecule has 4 heteroatoms. The van der Waals surface area contributed by atoms with E-state index in [9.17, 15) is 4.79 Å². The summed E-state index contributed by atoms with van der Waals surface area (Å²) in [5.41, 5.74) is 5.82. The minimum atomic E-state index is -0.358. The van der Waals surface area contributed by atoms with Gasteiger partial charge < -0.3 is 5.73 Å². The molecular formula is C9H8ClNOS. The predicted octanol–water partition coefficient (Wildman–Crippen LogP) is 2.42. The molecule has 1 aromatic carbocycles. The van der Waals surface area contributed by atoms with Crippen LogP contribution in [0.4, 0.5) is 0 Å². The third-order valence-corrected chi connectivity index (χ3v) is 2.71. The molecule has 68 valence electrons. The van der Waals surface area contributed by atoms with Crippen LogP contribution < -0.4 is 5.73 Å². The van der Waals surface area contributed by atoms with E-state index in [0.29, 0.717) is 5.56 Å². The summed E-state index contributed by atoms with van der Waals surface area (Å²) in [5.74, 6) is -0.358. The van der Waals surface area contributed by atoms with E-state index in [1.54, 1.807) is 17.4 Å². The molecule has 0 fully saturated rings. The molecule has 1 heterocycles. The van der Waals surface area contributed by atoms with E-state index in [-0.39, 0.29) is 18.3 Å². The van der Waals surface area contributed by atoms with Gasteiger partial charge in [-0.15, -0.1) is 23.7 Å². The molecule has 2 aromatic rings. The fourth-order valence-corrected chi connectivity index (χ4v) is 2.11. The Morgan fingerprint density at radius 3 is 2.77 bits per heavy atom. The second-order valence-electron chi connectivity index (χ2n) is 2.51. The summed E-state index contributed by atoms with van der Waals surface area (Å²) in [6, 6.07) is 7.54.